The SMILES string of the molecule is Cc1cn(CC(=O)N2C[C@H](C(=O)O)[C@@H](c3ccncc3)C2)c(=O)[nH]c1=O. The highest BCUT2D eigenvalue weighted by Gasteiger charge is 2.40. The Hall–Kier alpha value is -3.23. The minimum atomic E-state index is -0.973. The number of hydrogen-bond donors (Lipinski definition) is 2. The number of hydrogen-bond acceptors (Lipinski definition) is 5. The maximum atomic E-state index is 12.6. The standard InChI is InChI=1S/C17H18N4O5/c1-10-6-21(17(26)19-15(10)23)9-14(22)20-7-12(13(8-20)16(24)25)11-2-4-18-5-3-11/h2-6,12-13H,7-9H2,1H3,(H,24,25)(H,19,23,26)/t12-,13+/m1/s1. The first-order chi connectivity index (χ1) is 12.4. The molecule has 1 saturated heterocycles. The van der Waals surface area contributed by atoms with Gasteiger partial charge in [0.1, 0.15) is 6.54 Å². The Bertz CT molecular complexity index is 950. The minimum absolute atomic E-state index is 0.0677. The number of H-pyrrole nitrogens is 1. The predicted molar refractivity (Wildman–Crippen MR) is 90.7 cm³/mol. The molecule has 0 aromatic carbocycles. The molecule has 1 fully saturated rings. The first-order valence-electron chi connectivity index (χ1n) is 8.07. The number of likely N-dealkylation sites (tertiary alicyclic amines) is 1. The summed E-state index contributed by atoms with van der Waals surface area (Å²) in [6, 6.07) is 3.48. The minimum Gasteiger partial charge on any atom is -0.481 e. The van der Waals surface area contributed by atoms with Crippen LogP contribution in [0.5, 0.6) is 0 Å². The molecule has 2 aromatic heterocycles. The molecule has 9 nitrogen and oxygen atoms in total. The second-order valence-electron chi connectivity index (χ2n) is 6.33. The van der Waals surface area contributed by atoms with Crippen molar-refractivity contribution in [2.45, 2.75) is 19.4 Å². The fraction of sp³-hybridized carbons (Fsp3) is 0.353. The number of aliphatic carboxylic acids is 1. The number of nitrogens with zero attached hydrogens (tertiary/aromatic N) is 3. The van der Waals surface area contributed by atoms with Gasteiger partial charge in [-0.15, -0.1) is 0 Å². The van der Waals surface area contributed by atoms with Gasteiger partial charge in [-0.05, 0) is 24.6 Å². The van der Waals surface area contributed by atoms with E-state index >= 15 is 0 Å². The molecular formula is C17H18N4O5. The van der Waals surface area contributed by atoms with Crippen LogP contribution in [0, 0.1) is 12.8 Å². The van der Waals surface area contributed by atoms with Crippen molar-refractivity contribution in [1.29, 1.82) is 0 Å². The Kier molecular flexibility index (Phi) is 4.70. The number of carbonyl (C=O) groups is 2. The normalized spacial score (nSPS) is 19.5. The molecule has 9 heteroatoms. The highest BCUT2D eigenvalue weighted by atomic mass is 16.4. The van der Waals surface area contributed by atoms with Gasteiger partial charge in [0.25, 0.3) is 5.56 Å². The molecule has 136 valence electrons. The van der Waals surface area contributed by atoms with Crippen molar-refractivity contribution in [3.05, 3.63) is 62.7 Å². The van der Waals surface area contributed by atoms with E-state index in [4.69, 9.17) is 0 Å². The lowest BCUT2D eigenvalue weighted by atomic mass is 9.90. The summed E-state index contributed by atoms with van der Waals surface area (Å²) in [6.07, 6.45) is 4.49. The molecule has 2 atom stereocenters. The lowest BCUT2D eigenvalue weighted by Crippen LogP contribution is -2.38. The van der Waals surface area contributed by atoms with Crippen LogP contribution < -0.4 is 11.2 Å². The molecule has 0 saturated carbocycles. The number of amides is 1. The summed E-state index contributed by atoms with van der Waals surface area (Å²) >= 11 is 0. The molecule has 0 bridgehead atoms. The van der Waals surface area contributed by atoms with Gasteiger partial charge in [-0.25, -0.2) is 4.79 Å². The number of carbonyl (C=O) groups excluding carboxylic acids is 1. The highest BCUT2D eigenvalue weighted by Crippen LogP contribution is 2.32. The van der Waals surface area contributed by atoms with E-state index in [-0.39, 0.29) is 31.5 Å². The van der Waals surface area contributed by atoms with E-state index in [9.17, 15) is 24.3 Å². The van der Waals surface area contributed by atoms with Crippen molar-refractivity contribution in [1.82, 2.24) is 19.4 Å². The van der Waals surface area contributed by atoms with Crippen molar-refractivity contribution < 1.29 is 14.7 Å². The van der Waals surface area contributed by atoms with Gasteiger partial charge in [-0.1, -0.05) is 0 Å². The summed E-state index contributed by atoms with van der Waals surface area (Å²) in [6.45, 7) is 1.59. The summed E-state index contributed by atoms with van der Waals surface area (Å²) in [5.74, 6) is -2.41. The van der Waals surface area contributed by atoms with E-state index in [2.05, 4.69) is 9.97 Å². The number of carboxylic acid groups (broad SMARTS) is 1. The van der Waals surface area contributed by atoms with Gasteiger partial charge >= 0.3 is 11.7 Å². The largest absolute Gasteiger partial charge is 0.481 e. The van der Waals surface area contributed by atoms with Crippen LogP contribution in [0.15, 0.2) is 40.3 Å². The Labute approximate surface area is 147 Å². The molecule has 1 aliphatic rings. The van der Waals surface area contributed by atoms with Gasteiger partial charge < -0.3 is 10.0 Å². The summed E-state index contributed by atoms with van der Waals surface area (Å²) in [7, 11) is 0. The predicted octanol–water partition coefficient (Wildman–Crippen LogP) is -0.433. The van der Waals surface area contributed by atoms with Crippen LogP contribution in [-0.2, 0) is 16.1 Å². The number of aryl methyl sites for hydroxylation is 1. The molecule has 3 rings (SSSR count). The average Bonchev–Trinajstić information content (AvgIpc) is 3.06. The molecule has 26 heavy (non-hydrogen) atoms. The number of aromatic amines is 1. The van der Waals surface area contributed by atoms with Crippen LogP contribution in [0.4, 0.5) is 0 Å². The van der Waals surface area contributed by atoms with Crippen LogP contribution in [0.2, 0.25) is 0 Å². The maximum Gasteiger partial charge on any atom is 0.328 e. The first-order valence-corrected chi connectivity index (χ1v) is 8.07. The van der Waals surface area contributed by atoms with Gasteiger partial charge in [0.05, 0.1) is 5.92 Å². The van der Waals surface area contributed by atoms with Gasteiger partial charge in [0.2, 0.25) is 5.91 Å². The third kappa shape index (κ3) is 3.41. The Morgan fingerprint density at radius 3 is 2.62 bits per heavy atom. The van der Waals surface area contributed by atoms with Crippen LogP contribution in [0.1, 0.15) is 17.0 Å². The fourth-order valence-corrected chi connectivity index (χ4v) is 3.19. The molecule has 1 amide bonds. The zero-order chi connectivity index (χ0) is 18.8. The molecule has 0 spiro atoms. The monoisotopic (exact) mass is 358 g/mol. The van der Waals surface area contributed by atoms with Crippen LogP contribution >= 0.6 is 0 Å². The van der Waals surface area contributed by atoms with Crippen molar-refractivity contribution in [3.63, 3.8) is 0 Å². The summed E-state index contributed by atoms with van der Waals surface area (Å²) in [5, 5.41) is 9.50. The van der Waals surface area contributed by atoms with Crippen molar-refractivity contribution in [3.8, 4) is 0 Å². The van der Waals surface area contributed by atoms with Crippen molar-refractivity contribution in [2.24, 2.45) is 5.92 Å². The third-order valence-electron chi connectivity index (χ3n) is 4.62. The van der Waals surface area contributed by atoms with E-state index in [0.29, 0.717) is 5.56 Å². The van der Waals surface area contributed by atoms with Gasteiger partial charge in [0.15, 0.2) is 0 Å². The van der Waals surface area contributed by atoms with Crippen LogP contribution in [0.25, 0.3) is 0 Å². The number of pyridine rings is 1. The smallest absolute Gasteiger partial charge is 0.328 e. The topological polar surface area (TPSA) is 125 Å². The molecular weight excluding hydrogens is 340 g/mol. The lowest BCUT2D eigenvalue weighted by molar-refractivity contribution is -0.141. The van der Waals surface area contributed by atoms with Crippen LogP contribution in [0.3, 0.4) is 0 Å². The van der Waals surface area contributed by atoms with Gasteiger partial charge in [-0.2, -0.15) is 0 Å². The van der Waals surface area contributed by atoms with E-state index < -0.39 is 23.1 Å². The molecule has 2 aromatic rings. The molecule has 0 unspecified atom stereocenters. The number of rotatable bonds is 4. The fourth-order valence-electron chi connectivity index (χ4n) is 3.19. The van der Waals surface area contributed by atoms with E-state index in [1.165, 1.54) is 18.0 Å². The molecule has 3 heterocycles. The van der Waals surface area contributed by atoms with E-state index in [1.807, 2.05) is 0 Å². The highest BCUT2D eigenvalue weighted by molar-refractivity contribution is 5.79. The number of carboxylic acids is 1. The number of nitrogens with one attached hydrogen (secondary N) is 1. The molecule has 0 radical (unpaired) electrons. The Morgan fingerprint density at radius 1 is 1.27 bits per heavy atom. The maximum absolute atomic E-state index is 12.6. The zero-order valence-electron chi connectivity index (χ0n) is 14.1. The molecule has 1 aliphatic heterocycles. The van der Waals surface area contributed by atoms with Crippen molar-refractivity contribution in [2.75, 3.05) is 13.1 Å². The average molecular weight is 358 g/mol. The van der Waals surface area contributed by atoms with Gasteiger partial charge in [-0.3, -0.25) is 28.9 Å². The van der Waals surface area contributed by atoms with Gasteiger partial charge in [0, 0.05) is 43.2 Å². The lowest BCUT2D eigenvalue weighted by Gasteiger charge is -2.17. The summed E-state index contributed by atoms with van der Waals surface area (Å²) in [5.41, 5.74) is -0.0474. The molecule has 0 aliphatic carbocycles. The van der Waals surface area contributed by atoms with E-state index in [1.54, 1.807) is 24.5 Å². The number of aromatic nitrogens is 3. The quantitative estimate of drug-likeness (QED) is 0.764. The third-order valence-corrected chi connectivity index (χ3v) is 4.62. The molecule has 2 N–H and O–H groups in total. The summed E-state index contributed by atoms with van der Waals surface area (Å²) < 4.78 is 1.12. The Morgan fingerprint density at radius 2 is 1.96 bits per heavy atom. The first kappa shape index (κ1) is 17.6. The zero-order valence-corrected chi connectivity index (χ0v) is 14.1. The second kappa shape index (κ2) is 6.95. The summed E-state index contributed by atoms with van der Waals surface area (Å²) in [4.78, 5) is 54.9. The second-order valence-corrected chi connectivity index (χ2v) is 6.33. The Balaban J connectivity index is 1.81. The van der Waals surface area contributed by atoms with Crippen molar-refractivity contribution >= 4 is 11.9 Å². The van der Waals surface area contributed by atoms with Crippen LogP contribution in [-0.4, -0.2) is 49.5 Å². The van der Waals surface area contributed by atoms with E-state index in [0.717, 1.165) is 10.1 Å².